The number of halogens is 3. The summed E-state index contributed by atoms with van der Waals surface area (Å²) in [6.07, 6.45) is 5.70. The molecule has 202 valence electrons. The molecule has 0 bridgehead atoms. The highest BCUT2D eigenvalue weighted by atomic mass is 19.1. The van der Waals surface area contributed by atoms with E-state index in [0.29, 0.717) is 11.6 Å². The van der Waals surface area contributed by atoms with E-state index < -0.39 is 34.6 Å². The molecule has 2 aromatic heterocycles. The predicted molar refractivity (Wildman–Crippen MR) is 137 cm³/mol. The number of carbonyl (C=O) groups is 1. The number of nitrogens with one attached hydrogen (secondary N) is 1. The van der Waals surface area contributed by atoms with E-state index in [1.807, 2.05) is 6.07 Å². The van der Waals surface area contributed by atoms with Gasteiger partial charge in [0.15, 0.2) is 11.5 Å². The SMILES string of the molecule is COCCOc1cc(F)c(-c2nc(C(=O)Nc3cnccc3[C@@H]3C[C@H](C)C[C@H](N)C3)c(N)cc2F)c(F)c1. The summed E-state index contributed by atoms with van der Waals surface area (Å²) >= 11 is 0. The number of carbonyl (C=O) groups excluding carboxylic acids is 1. The highest BCUT2D eigenvalue weighted by Gasteiger charge is 2.28. The number of pyridine rings is 2. The van der Waals surface area contributed by atoms with Gasteiger partial charge in [0.25, 0.3) is 5.91 Å². The van der Waals surface area contributed by atoms with Crippen LogP contribution in [0.3, 0.4) is 0 Å². The maximum atomic E-state index is 14.9. The number of aromatic nitrogens is 2. The van der Waals surface area contributed by atoms with Crippen LogP contribution < -0.4 is 21.5 Å². The van der Waals surface area contributed by atoms with Crippen molar-refractivity contribution in [2.45, 2.75) is 38.1 Å². The average molecular weight is 530 g/mol. The third kappa shape index (κ3) is 6.05. The molecule has 1 fully saturated rings. The number of rotatable bonds is 8. The molecule has 5 N–H and O–H groups in total. The molecule has 0 radical (unpaired) electrons. The molecule has 1 aliphatic carbocycles. The Kier molecular flexibility index (Phi) is 8.48. The highest BCUT2D eigenvalue weighted by Crippen LogP contribution is 2.38. The van der Waals surface area contributed by atoms with Crippen molar-refractivity contribution < 1.29 is 27.4 Å². The topological polar surface area (TPSA) is 125 Å². The Morgan fingerprint density at radius 3 is 2.53 bits per heavy atom. The Labute approximate surface area is 218 Å². The van der Waals surface area contributed by atoms with Crippen LogP contribution in [0.2, 0.25) is 0 Å². The molecule has 0 saturated heterocycles. The van der Waals surface area contributed by atoms with Gasteiger partial charge in [-0.05, 0) is 42.7 Å². The Morgan fingerprint density at radius 2 is 1.84 bits per heavy atom. The molecule has 0 unspecified atom stereocenters. The first kappa shape index (κ1) is 27.3. The van der Waals surface area contributed by atoms with Gasteiger partial charge in [-0.1, -0.05) is 6.92 Å². The largest absolute Gasteiger partial charge is 0.491 e. The molecule has 1 aromatic carbocycles. The van der Waals surface area contributed by atoms with Crippen LogP contribution in [0.4, 0.5) is 24.5 Å². The minimum Gasteiger partial charge on any atom is -0.491 e. The molecular weight excluding hydrogens is 499 g/mol. The number of ether oxygens (including phenoxy) is 2. The number of amides is 1. The summed E-state index contributed by atoms with van der Waals surface area (Å²) in [6, 6.07) is 4.48. The van der Waals surface area contributed by atoms with E-state index in [2.05, 4.69) is 22.2 Å². The van der Waals surface area contributed by atoms with Crippen molar-refractivity contribution in [2.75, 3.05) is 31.4 Å². The number of nitrogen functional groups attached to an aromatic ring is 1. The molecule has 1 amide bonds. The molecule has 4 rings (SSSR count). The molecule has 3 atom stereocenters. The lowest BCUT2D eigenvalue weighted by Gasteiger charge is -2.32. The average Bonchev–Trinajstić information content (AvgIpc) is 2.84. The van der Waals surface area contributed by atoms with Crippen molar-refractivity contribution in [2.24, 2.45) is 11.7 Å². The summed E-state index contributed by atoms with van der Waals surface area (Å²) in [5.41, 5.74) is 11.3. The van der Waals surface area contributed by atoms with Gasteiger partial charge >= 0.3 is 0 Å². The summed E-state index contributed by atoms with van der Waals surface area (Å²) in [5.74, 6) is -3.67. The van der Waals surface area contributed by atoms with Gasteiger partial charge in [-0.15, -0.1) is 0 Å². The first-order valence-electron chi connectivity index (χ1n) is 12.3. The van der Waals surface area contributed by atoms with Crippen LogP contribution in [-0.2, 0) is 4.74 Å². The first-order valence-corrected chi connectivity index (χ1v) is 12.3. The van der Waals surface area contributed by atoms with E-state index in [1.165, 1.54) is 13.3 Å². The van der Waals surface area contributed by atoms with E-state index in [1.54, 1.807) is 6.20 Å². The number of benzene rings is 1. The molecule has 38 heavy (non-hydrogen) atoms. The van der Waals surface area contributed by atoms with Gasteiger partial charge in [0.05, 0.1) is 29.7 Å². The minimum atomic E-state index is -1.11. The zero-order valence-electron chi connectivity index (χ0n) is 21.1. The van der Waals surface area contributed by atoms with Gasteiger partial charge in [0.2, 0.25) is 0 Å². The van der Waals surface area contributed by atoms with E-state index >= 15 is 0 Å². The van der Waals surface area contributed by atoms with Crippen molar-refractivity contribution in [1.82, 2.24) is 9.97 Å². The van der Waals surface area contributed by atoms with Crippen molar-refractivity contribution in [3.8, 4) is 17.0 Å². The minimum absolute atomic E-state index is 0.0407. The molecule has 8 nitrogen and oxygen atoms in total. The molecule has 1 aliphatic rings. The lowest BCUT2D eigenvalue weighted by atomic mass is 9.76. The number of nitrogens with zero attached hydrogens (tertiary/aromatic N) is 2. The van der Waals surface area contributed by atoms with E-state index in [4.69, 9.17) is 20.9 Å². The zero-order chi connectivity index (χ0) is 27.4. The monoisotopic (exact) mass is 529 g/mol. The van der Waals surface area contributed by atoms with Gasteiger partial charge < -0.3 is 26.3 Å². The third-order valence-corrected chi connectivity index (χ3v) is 6.55. The molecule has 1 saturated carbocycles. The van der Waals surface area contributed by atoms with Gasteiger partial charge in [0, 0.05) is 37.5 Å². The number of methoxy groups -OCH3 is 1. The fourth-order valence-electron chi connectivity index (χ4n) is 4.92. The lowest BCUT2D eigenvalue weighted by molar-refractivity contribution is 0.102. The highest BCUT2D eigenvalue weighted by molar-refractivity contribution is 6.07. The Hall–Kier alpha value is -3.70. The van der Waals surface area contributed by atoms with Crippen LogP contribution in [0.25, 0.3) is 11.3 Å². The maximum absolute atomic E-state index is 14.9. The van der Waals surface area contributed by atoms with Gasteiger partial charge in [-0.3, -0.25) is 9.78 Å². The molecule has 0 spiro atoms. The number of hydrogen-bond donors (Lipinski definition) is 3. The second-order valence-corrected chi connectivity index (χ2v) is 9.55. The Balaban J connectivity index is 1.64. The van der Waals surface area contributed by atoms with E-state index in [9.17, 15) is 18.0 Å². The van der Waals surface area contributed by atoms with E-state index in [0.717, 1.165) is 43.0 Å². The van der Waals surface area contributed by atoms with Gasteiger partial charge in [0.1, 0.15) is 29.7 Å². The maximum Gasteiger partial charge on any atom is 0.276 e. The fraction of sp³-hybridized carbons (Fsp3) is 0.370. The quantitative estimate of drug-likeness (QED) is 0.363. The van der Waals surface area contributed by atoms with Crippen LogP contribution in [0, 0.1) is 23.4 Å². The van der Waals surface area contributed by atoms with Crippen LogP contribution in [-0.4, -0.2) is 42.2 Å². The smallest absolute Gasteiger partial charge is 0.276 e. The van der Waals surface area contributed by atoms with Crippen molar-refractivity contribution in [1.29, 1.82) is 0 Å². The Bertz CT molecular complexity index is 1290. The number of anilines is 2. The number of hydrogen-bond acceptors (Lipinski definition) is 7. The van der Waals surface area contributed by atoms with Crippen LogP contribution >= 0.6 is 0 Å². The summed E-state index contributed by atoms with van der Waals surface area (Å²) < 4.78 is 54.7. The fourth-order valence-corrected chi connectivity index (χ4v) is 4.92. The summed E-state index contributed by atoms with van der Waals surface area (Å²) in [5, 5.41) is 2.73. The molecular formula is C27H30F3N5O3. The van der Waals surface area contributed by atoms with Crippen LogP contribution in [0.5, 0.6) is 5.75 Å². The summed E-state index contributed by atoms with van der Waals surface area (Å²) in [6.45, 7) is 2.41. The lowest BCUT2D eigenvalue weighted by Crippen LogP contribution is -2.31. The molecule has 0 aliphatic heterocycles. The predicted octanol–water partition coefficient (Wildman–Crippen LogP) is 4.65. The standard InChI is InChI=1S/C27H30F3N5O3/c1-14-7-15(9-16(31)8-14)18-3-4-33-13-23(18)34-27(36)26-22(32)12-21(30)25(35-26)24-19(28)10-17(11-20(24)29)38-6-5-37-2/h3-4,10-16H,5-9,31-32H2,1-2H3,(H,34,36)/t14-,15+,16-/m0/s1. The summed E-state index contributed by atoms with van der Waals surface area (Å²) in [4.78, 5) is 21.3. The van der Waals surface area contributed by atoms with Crippen molar-refractivity contribution in [3.63, 3.8) is 0 Å². The second kappa shape index (κ2) is 11.8. The van der Waals surface area contributed by atoms with Crippen molar-refractivity contribution in [3.05, 3.63) is 65.4 Å². The third-order valence-electron chi connectivity index (χ3n) is 6.55. The van der Waals surface area contributed by atoms with Crippen LogP contribution in [0.1, 0.15) is 48.2 Å². The summed E-state index contributed by atoms with van der Waals surface area (Å²) in [7, 11) is 1.46. The molecule has 2 heterocycles. The molecule has 11 heteroatoms. The number of nitrogens with two attached hydrogens (primary N) is 2. The Morgan fingerprint density at radius 1 is 1.11 bits per heavy atom. The van der Waals surface area contributed by atoms with Crippen molar-refractivity contribution >= 4 is 17.3 Å². The second-order valence-electron chi connectivity index (χ2n) is 9.55. The first-order chi connectivity index (χ1) is 18.2. The normalized spacial score (nSPS) is 19.3. The zero-order valence-corrected chi connectivity index (χ0v) is 21.1. The van der Waals surface area contributed by atoms with Gasteiger partial charge in [-0.2, -0.15) is 0 Å². The van der Waals surface area contributed by atoms with E-state index in [-0.39, 0.29) is 42.3 Å². The van der Waals surface area contributed by atoms with Crippen LogP contribution in [0.15, 0.2) is 36.7 Å². The van der Waals surface area contributed by atoms with Gasteiger partial charge in [-0.25, -0.2) is 18.2 Å². The molecule has 3 aromatic rings.